The lowest BCUT2D eigenvalue weighted by Crippen LogP contribution is -2.42. The Hall–Kier alpha value is 0.0969. The summed E-state index contributed by atoms with van der Waals surface area (Å²) in [5, 5.41) is 0. The Morgan fingerprint density at radius 2 is 0.486 bits per heavy atom. The lowest BCUT2D eigenvalue weighted by molar-refractivity contribution is 0.122. The number of hydrogen-bond acceptors (Lipinski definition) is 3. The van der Waals surface area contributed by atoms with Gasteiger partial charge in [-0.3, -0.25) is 0 Å². The van der Waals surface area contributed by atoms with Crippen LogP contribution in [0.25, 0.3) is 0 Å². The lowest BCUT2D eigenvalue weighted by Gasteiger charge is -2.24. The van der Waals surface area contributed by atoms with Crippen molar-refractivity contribution in [3.8, 4) is 0 Å². The van der Waals surface area contributed by atoms with Gasteiger partial charge in [0, 0.05) is 27.4 Å². The van der Waals surface area contributed by atoms with Crippen molar-refractivity contribution in [2.45, 2.75) is 193 Å². The van der Waals surface area contributed by atoms with Gasteiger partial charge >= 0.3 is 8.80 Å². The molecule has 0 rings (SSSR count). The third-order valence-corrected chi connectivity index (χ3v) is 11.1. The van der Waals surface area contributed by atoms with Crippen LogP contribution in [-0.2, 0) is 13.3 Å². The van der Waals surface area contributed by atoms with E-state index in [4.69, 9.17) is 13.3 Å². The van der Waals surface area contributed by atoms with Crippen LogP contribution in [0.1, 0.15) is 187 Å². The molecule has 0 saturated carbocycles. The molecule has 0 bridgehead atoms. The Morgan fingerprint density at radius 3 is 0.676 bits per heavy atom. The van der Waals surface area contributed by atoms with Crippen LogP contribution in [0.15, 0.2) is 0 Å². The van der Waals surface area contributed by atoms with E-state index in [1.807, 2.05) is 0 Å². The molecule has 0 heterocycles. The average molecular weight is 543 g/mol. The van der Waals surface area contributed by atoms with Crippen LogP contribution in [0.2, 0.25) is 6.04 Å². The maximum atomic E-state index is 5.49. The summed E-state index contributed by atoms with van der Waals surface area (Å²) < 4.78 is 16.5. The van der Waals surface area contributed by atoms with Gasteiger partial charge in [0.15, 0.2) is 0 Å². The van der Waals surface area contributed by atoms with Crippen molar-refractivity contribution in [2.24, 2.45) is 0 Å². The van der Waals surface area contributed by atoms with Crippen molar-refractivity contribution >= 4 is 8.80 Å². The van der Waals surface area contributed by atoms with Crippen molar-refractivity contribution in [1.29, 1.82) is 0 Å². The minimum atomic E-state index is -2.34. The molecule has 0 aromatic carbocycles. The Morgan fingerprint density at radius 1 is 0.297 bits per heavy atom. The Labute approximate surface area is 236 Å². The second kappa shape index (κ2) is 30.6. The largest absolute Gasteiger partial charge is 0.500 e. The van der Waals surface area contributed by atoms with Crippen LogP contribution in [-0.4, -0.2) is 30.1 Å². The van der Waals surface area contributed by atoms with Gasteiger partial charge in [0.2, 0.25) is 0 Å². The normalized spacial score (nSPS) is 12.0. The maximum Gasteiger partial charge on any atom is 0.500 e. The third kappa shape index (κ3) is 26.1. The fraction of sp³-hybridized carbons (Fsp3) is 1.00. The highest BCUT2D eigenvalue weighted by Gasteiger charge is 2.36. The molecule has 3 nitrogen and oxygen atoms in total. The minimum Gasteiger partial charge on any atom is -0.377 e. The summed E-state index contributed by atoms with van der Waals surface area (Å²) in [6.45, 7) is 2.30. The van der Waals surface area contributed by atoms with Gasteiger partial charge in [0.1, 0.15) is 0 Å². The first-order valence-corrected chi connectivity index (χ1v) is 18.8. The second-order valence-electron chi connectivity index (χ2n) is 11.6. The molecule has 0 aliphatic rings. The fourth-order valence-corrected chi connectivity index (χ4v) is 7.36. The van der Waals surface area contributed by atoms with E-state index in [-0.39, 0.29) is 0 Å². The zero-order valence-corrected chi connectivity index (χ0v) is 27.2. The van der Waals surface area contributed by atoms with E-state index >= 15 is 0 Å². The van der Waals surface area contributed by atoms with E-state index in [1.165, 1.54) is 173 Å². The highest BCUT2D eigenvalue weighted by molar-refractivity contribution is 6.60. The molecule has 0 amide bonds. The molecule has 0 spiro atoms. The first-order chi connectivity index (χ1) is 18.2. The van der Waals surface area contributed by atoms with Crippen LogP contribution in [0, 0.1) is 0 Å². The topological polar surface area (TPSA) is 27.7 Å². The molecule has 0 radical (unpaired) electrons. The molecule has 0 unspecified atom stereocenters. The highest BCUT2D eigenvalue weighted by Crippen LogP contribution is 2.19. The molecule has 0 aromatic rings. The SMILES string of the molecule is CCCCCCCCCCCCCCCCCCCCCCCCCCCCCC[Si](OC)(OC)OC. The van der Waals surface area contributed by atoms with E-state index in [9.17, 15) is 0 Å². The third-order valence-electron chi connectivity index (χ3n) is 8.27. The Kier molecular flexibility index (Phi) is 30.7. The minimum absolute atomic E-state index is 0.940. The summed E-state index contributed by atoms with van der Waals surface area (Å²) in [4.78, 5) is 0. The van der Waals surface area contributed by atoms with E-state index in [0.29, 0.717) is 0 Å². The standard InChI is InChI=1S/C33H70O3Si/c1-5-6-7-8-9-10-11-12-13-14-15-16-17-18-19-20-21-22-23-24-25-26-27-28-29-30-31-32-33-37(34-2,35-3)36-4/h5-33H2,1-4H3. The second-order valence-corrected chi connectivity index (χ2v) is 14.7. The summed E-state index contributed by atoms with van der Waals surface area (Å²) in [7, 11) is 2.79. The predicted octanol–water partition coefficient (Wildman–Crippen LogP) is 11.8. The van der Waals surface area contributed by atoms with Crippen molar-refractivity contribution < 1.29 is 13.3 Å². The summed E-state index contributed by atoms with van der Waals surface area (Å²) in [5.41, 5.74) is 0. The molecular weight excluding hydrogens is 472 g/mol. The quantitative estimate of drug-likeness (QED) is 0.0624. The number of unbranched alkanes of at least 4 members (excludes halogenated alkanes) is 27. The summed E-state index contributed by atoms with van der Waals surface area (Å²) >= 11 is 0. The van der Waals surface area contributed by atoms with Gasteiger partial charge in [-0.05, 0) is 6.42 Å². The monoisotopic (exact) mass is 543 g/mol. The van der Waals surface area contributed by atoms with E-state index in [2.05, 4.69) is 6.92 Å². The van der Waals surface area contributed by atoms with Gasteiger partial charge in [-0.15, -0.1) is 0 Å². The van der Waals surface area contributed by atoms with Gasteiger partial charge in [-0.25, -0.2) is 0 Å². The molecule has 37 heavy (non-hydrogen) atoms. The summed E-state index contributed by atoms with van der Waals surface area (Å²) in [6.07, 6.45) is 40.2. The number of hydrogen-bond donors (Lipinski definition) is 0. The predicted molar refractivity (Wildman–Crippen MR) is 167 cm³/mol. The molecule has 224 valence electrons. The van der Waals surface area contributed by atoms with E-state index in [0.717, 1.165) is 12.5 Å². The molecule has 4 heteroatoms. The molecule has 0 aromatic heterocycles. The molecular formula is C33H70O3Si. The van der Waals surface area contributed by atoms with Crippen LogP contribution >= 0.6 is 0 Å². The van der Waals surface area contributed by atoms with Crippen molar-refractivity contribution in [3.05, 3.63) is 0 Å². The van der Waals surface area contributed by atoms with Crippen LogP contribution < -0.4 is 0 Å². The highest BCUT2D eigenvalue weighted by atomic mass is 28.4. The molecule has 0 fully saturated rings. The molecule has 0 N–H and O–H groups in total. The van der Waals surface area contributed by atoms with Crippen molar-refractivity contribution in [1.82, 2.24) is 0 Å². The molecule has 0 aliphatic carbocycles. The van der Waals surface area contributed by atoms with Crippen molar-refractivity contribution in [3.63, 3.8) is 0 Å². The Bertz CT molecular complexity index is 406. The zero-order valence-electron chi connectivity index (χ0n) is 26.2. The number of rotatable bonds is 32. The van der Waals surface area contributed by atoms with E-state index < -0.39 is 8.80 Å². The molecule has 0 atom stereocenters. The summed E-state index contributed by atoms with van der Waals surface area (Å²) in [5.74, 6) is 0. The van der Waals surface area contributed by atoms with Crippen LogP contribution in [0.4, 0.5) is 0 Å². The molecule has 0 saturated heterocycles. The van der Waals surface area contributed by atoms with Gasteiger partial charge in [0.25, 0.3) is 0 Å². The van der Waals surface area contributed by atoms with Crippen LogP contribution in [0.5, 0.6) is 0 Å². The average Bonchev–Trinajstić information content (AvgIpc) is 2.92. The fourth-order valence-electron chi connectivity index (χ4n) is 5.57. The molecule has 0 aliphatic heterocycles. The zero-order chi connectivity index (χ0) is 27.1. The van der Waals surface area contributed by atoms with Crippen molar-refractivity contribution in [2.75, 3.05) is 21.3 Å². The maximum absolute atomic E-state index is 5.49. The van der Waals surface area contributed by atoms with Gasteiger partial charge in [0.05, 0.1) is 0 Å². The summed E-state index contributed by atoms with van der Waals surface area (Å²) in [6, 6.07) is 0.940. The van der Waals surface area contributed by atoms with Gasteiger partial charge in [-0.1, -0.05) is 180 Å². The Balaban J connectivity index is 3.13. The first kappa shape index (κ1) is 37.1. The van der Waals surface area contributed by atoms with Crippen LogP contribution in [0.3, 0.4) is 0 Å². The first-order valence-electron chi connectivity index (χ1n) is 16.9. The van der Waals surface area contributed by atoms with Gasteiger partial charge < -0.3 is 13.3 Å². The van der Waals surface area contributed by atoms with Gasteiger partial charge in [-0.2, -0.15) is 0 Å². The smallest absolute Gasteiger partial charge is 0.377 e. The van der Waals surface area contributed by atoms with E-state index in [1.54, 1.807) is 21.3 Å². The lowest BCUT2D eigenvalue weighted by atomic mass is 10.0.